The van der Waals surface area contributed by atoms with E-state index in [1.54, 1.807) is 16.0 Å². The average Bonchev–Trinajstić information content (AvgIpc) is 2.79. The summed E-state index contributed by atoms with van der Waals surface area (Å²) in [5, 5.41) is 3.31. The predicted octanol–water partition coefficient (Wildman–Crippen LogP) is 4.51. The van der Waals surface area contributed by atoms with Crippen LogP contribution in [0.4, 0.5) is 0 Å². The Hall–Kier alpha value is -1.08. The van der Waals surface area contributed by atoms with Crippen molar-refractivity contribution in [1.82, 2.24) is 0 Å². The van der Waals surface area contributed by atoms with Gasteiger partial charge < -0.3 is 0 Å². The molecule has 0 saturated heterocycles. The Kier molecular flexibility index (Phi) is 3.91. The van der Waals surface area contributed by atoms with Crippen LogP contribution >= 0.6 is 0 Å². The Balaban J connectivity index is 2.36. The highest BCUT2D eigenvalue weighted by Gasteiger charge is 2.30. The van der Waals surface area contributed by atoms with E-state index >= 15 is 0 Å². The van der Waals surface area contributed by atoms with Crippen molar-refractivity contribution in [3.63, 3.8) is 0 Å². The van der Waals surface area contributed by atoms with Gasteiger partial charge in [-0.1, -0.05) is 84.4 Å². The fourth-order valence-electron chi connectivity index (χ4n) is 2.86. The summed E-state index contributed by atoms with van der Waals surface area (Å²) in [5.41, 5.74) is 2.98. The summed E-state index contributed by atoms with van der Waals surface area (Å²) in [7, 11) is -1.45. The molecule has 0 fully saturated rings. The van der Waals surface area contributed by atoms with E-state index in [0.29, 0.717) is 0 Å². The van der Waals surface area contributed by atoms with Gasteiger partial charge in [0.15, 0.2) is 0 Å². The van der Waals surface area contributed by atoms with Crippen molar-refractivity contribution in [1.29, 1.82) is 0 Å². The summed E-state index contributed by atoms with van der Waals surface area (Å²) in [6, 6.07) is 9.20. The number of benzene rings is 1. The van der Waals surface area contributed by atoms with Gasteiger partial charge in [-0.25, -0.2) is 0 Å². The Morgan fingerprint density at radius 2 is 1.78 bits per heavy atom. The molecule has 2 rings (SSSR count). The van der Waals surface area contributed by atoms with Crippen LogP contribution in [0.5, 0.6) is 0 Å². The van der Waals surface area contributed by atoms with E-state index in [9.17, 15) is 0 Å². The molecule has 1 aromatic rings. The van der Waals surface area contributed by atoms with Crippen molar-refractivity contribution >= 4 is 13.3 Å². The Bertz CT molecular complexity index is 475. The molecule has 1 aliphatic carbocycles. The summed E-state index contributed by atoms with van der Waals surface area (Å²) in [5.74, 6) is 0. The van der Waals surface area contributed by atoms with Crippen molar-refractivity contribution in [2.24, 2.45) is 0 Å². The van der Waals surface area contributed by atoms with Gasteiger partial charge in [-0.2, -0.15) is 0 Å². The third-order valence-electron chi connectivity index (χ3n) is 4.08. The van der Waals surface area contributed by atoms with Gasteiger partial charge in [0.25, 0.3) is 0 Å². The van der Waals surface area contributed by atoms with Crippen LogP contribution in [0.15, 0.2) is 47.2 Å². The molecule has 0 atom stereocenters. The molecule has 1 aliphatic rings. The molecular weight excluding hydrogens is 232 g/mol. The van der Waals surface area contributed by atoms with Gasteiger partial charge >= 0.3 is 0 Å². The van der Waals surface area contributed by atoms with Gasteiger partial charge in [0.2, 0.25) is 0 Å². The zero-order valence-corrected chi connectivity index (χ0v) is 13.1. The molecule has 0 heterocycles. The summed E-state index contributed by atoms with van der Waals surface area (Å²) in [6.45, 7) is 9.43. The van der Waals surface area contributed by atoms with Crippen LogP contribution in [-0.4, -0.2) is 8.07 Å². The lowest BCUT2D eigenvalue weighted by Crippen LogP contribution is -2.43. The summed E-state index contributed by atoms with van der Waals surface area (Å²) in [6.07, 6.45) is 8.39. The minimum atomic E-state index is -1.45. The maximum Gasteiger partial charge on any atom is 0.108 e. The number of rotatable bonds is 4. The number of allylic oxidation sites excluding steroid dienone is 4. The standard InChI is InChI=1S/C17H24Si/c1-5-7-15-8-6-9-17(15)18(3,4)16-12-10-14(2)11-13-16/h6,8,10-13H,5,7,9H2,1-4H3. The third-order valence-corrected chi connectivity index (χ3v) is 7.89. The lowest BCUT2D eigenvalue weighted by molar-refractivity contribution is 0.923. The van der Waals surface area contributed by atoms with Crippen LogP contribution < -0.4 is 5.19 Å². The van der Waals surface area contributed by atoms with Gasteiger partial charge in [-0.15, -0.1) is 0 Å². The van der Waals surface area contributed by atoms with Crippen LogP contribution in [0, 0.1) is 6.92 Å². The maximum atomic E-state index is 2.50. The normalized spacial score (nSPS) is 15.6. The molecule has 1 heteroatoms. The van der Waals surface area contributed by atoms with Gasteiger partial charge in [-0.3, -0.25) is 0 Å². The summed E-state index contributed by atoms with van der Waals surface area (Å²) in [4.78, 5) is 0. The minimum Gasteiger partial charge on any atom is -0.0806 e. The molecule has 0 aliphatic heterocycles. The molecule has 0 saturated carbocycles. The molecule has 0 bridgehead atoms. The second kappa shape index (κ2) is 5.27. The van der Waals surface area contributed by atoms with E-state index in [1.165, 1.54) is 24.8 Å². The summed E-state index contributed by atoms with van der Waals surface area (Å²) >= 11 is 0. The van der Waals surface area contributed by atoms with E-state index in [0.717, 1.165) is 0 Å². The fourth-order valence-corrected chi connectivity index (χ4v) is 5.84. The Morgan fingerprint density at radius 1 is 1.11 bits per heavy atom. The van der Waals surface area contributed by atoms with Gasteiger partial charge in [0.1, 0.15) is 8.07 Å². The number of aryl methyl sites for hydroxylation is 1. The fraction of sp³-hybridized carbons (Fsp3) is 0.412. The van der Waals surface area contributed by atoms with Crippen molar-refractivity contribution in [3.05, 3.63) is 52.8 Å². The van der Waals surface area contributed by atoms with Crippen molar-refractivity contribution < 1.29 is 0 Å². The molecule has 0 unspecified atom stereocenters. The van der Waals surface area contributed by atoms with Crippen LogP contribution in [0.3, 0.4) is 0 Å². The lowest BCUT2D eigenvalue weighted by atomic mass is 10.2. The van der Waals surface area contributed by atoms with Crippen LogP contribution in [0.25, 0.3) is 0 Å². The van der Waals surface area contributed by atoms with E-state index in [4.69, 9.17) is 0 Å². The van der Waals surface area contributed by atoms with Crippen molar-refractivity contribution in [2.45, 2.75) is 46.2 Å². The first-order valence-electron chi connectivity index (χ1n) is 7.02. The second-order valence-electron chi connectivity index (χ2n) is 5.85. The SMILES string of the molecule is CCCC1=C([Si](C)(C)c2ccc(C)cc2)CC=C1. The molecule has 18 heavy (non-hydrogen) atoms. The highest BCUT2D eigenvalue weighted by Crippen LogP contribution is 2.30. The van der Waals surface area contributed by atoms with Gasteiger partial charge in [-0.05, 0) is 19.8 Å². The van der Waals surface area contributed by atoms with Crippen LogP contribution in [0.1, 0.15) is 31.7 Å². The zero-order valence-electron chi connectivity index (χ0n) is 12.1. The second-order valence-corrected chi connectivity index (χ2v) is 10.3. The molecule has 0 spiro atoms. The van der Waals surface area contributed by atoms with E-state index in [-0.39, 0.29) is 0 Å². The molecule has 0 aromatic heterocycles. The van der Waals surface area contributed by atoms with E-state index in [1.807, 2.05) is 0 Å². The Morgan fingerprint density at radius 3 is 2.39 bits per heavy atom. The molecule has 96 valence electrons. The molecular formula is C17H24Si. The molecule has 0 nitrogen and oxygen atoms in total. The van der Waals surface area contributed by atoms with E-state index in [2.05, 4.69) is 63.4 Å². The monoisotopic (exact) mass is 256 g/mol. The first kappa shape index (κ1) is 13.4. The average molecular weight is 256 g/mol. The minimum absolute atomic E-state index is 1.18. The molecule has 0 N–H and O–H groups in total. The highest BCUT2D eigenvalue weighted by atomic mass is 28.3. The highest BCUT2D eigenvalue weighted by molar-refractivity contribution is 6.95. The van der Waals surface area contributed by atoms with E-state index < -0.39 is 8.07 Å². The van der Waals surface area contributed by atoms with Crippen molar-refractivity contribution in [3.8, 4) is 0 Å². The van der Waals surface area contributed by atoms with Crippen LogP contribution in [0.2, 0.25) is 13.1 Å². The predicted molar refractivity (Wildman–Crippen MR) is 84.0 cm³/mol. The quantitative estimate of drug-likeness (QED) is 0.696. The van der Waals surface area contributed by atoms with Gasteiger partial charge in [0, 0.05) is 0 Å². The topological polar surface area (TPSA) is 0 Å². The third kappa shape index (κ3) is 2.51. The van der Waals surface area contributed by atoms with Gasteiger partial charge in [0.05, 0.1) is 0 Å². The maximum absolute atomic E-state index is 2.50. The lowest BCUT2D eigenvalue weighted by Gasteiger charge is -2.27. The first-order valence-corrected chi connectivity index (χ1v) is 10.0. The molecule has 0 amide bonds. The van der Waals surface area contributed by atoms with Crippen LogP contribution in [-0.2, 0) is 0 Å². The summed E-state index contributed by atoms with van der Waals surface area (Å²) < 4.78 is 0. The first-order chi connectivity index (χ1) is 8.55. The molecule has 0 radical (unpaired) electrons. The number of hydrogen-bond acceptors (Lipinski definition) is 0. The van der Waals surface area contributed by atoms with Crippen molar-refractivity contribution in [2.75, 3.05) is 0 Å². The number of hydrogen-bond donors (Lipinski definition) is 0. The smallest absolute Gasteiger partial charge is 0.0806 e. The molecule has 1 aromatic carbocycles. The zero-order chi connectivity index (χ0) is 13.2. The Labute approximate surface area is 112 Å². The largest absolute Gasteiger partial charge is 0.108 e.